The molecule has 3 aliphatic rings. The van der Waals surface area contributed by atoms with Gasteiger partial charge in [0, 0.05) is 6.04 Å². The zero-order valence-electron chi connectivity index (χ0n) is 11.9. The number of carbonyl (C=O) groups excluding carboxylic acids is 1. The van der Waals surface area contributed by atoms with Crippen molar-refractivity contribution in [3.05, 3.63) is 35.4 Å². The molecule has 112 valence electrons. The van der Waals surface area contributed by atoms with Crippen LogP contribution in [0.4, 0.5) is 8.78 Å². The summed E-state index contributed by atoms with van der Waals surface area (Å²) < 4.78 is 26.7. The van der Waals surface area contributed by atoms with Crippen molar-refractivity contribution in [1.29, 1.82) is 0 Å². The Hall–Kier alpha value is -1.49. The number of nitrogens with one attached hydrogen (secondary N) is 1. The number of hydrogen-bond acceptors (Lipinski definition) is 2. The van der Waals surface area contributed by atoms with Crippen LogP contribution >= 0.6 is 0 Å². The maximum absolute atomic E-state index is 13.5. The monoisotopic (exact) mass is 292 g/mol. The van der Waals surface area contributed by atoms with E-state index in [1.54, 1.807) is 6.07 Å². The fourth-order valence-electron chi connectivity index (χ4n) is 3.63. The molecule has 1 unspecified atom stereocenters. The molecule has 3 nitrogen and oxygen atoms in total. The van der Waals surface area contributed by atoms with Gasteiger partial charge >= 0.3 is 0 Å². The Balaban J connectivity index is 1.68. The summed E-state index contributed by atoms with van der Waals surface area (Å²) in [5, 5.41) is 3.36. The molecule has 2 saturated carbocycles. The van der Waals surface area contributed by atoms with E-state index in [4.69, 9.17) is 0 Å². The van der Waals surface area contributed by atoms with Crippen molar-refractivity contribution in [2.24, 2.45) is 5.92 Å². The highest BCUT2D eigenvalue weighted by atomic mass is 19.2. The van der Waals surface area contributed by atoms with Crippen molar-refractivity contribution in [2.45, 2.75) is 50.4 Å². The van der Waals surface area contributed by atoms with Gasteiger partial charge in [0.1, 0.15) is 11.7 Å². The highest BCUT2D eigenvalue weighted by Crippen LogP contribution is 2.49. The van der Waals surface area contributed by atoms with Crippen molar-refractivity contribution < 1.29 is 13.6 Å². The molecule has 0 aromatic heterocycles. The fraction of sp³-hybridized carbons (Fsp3) is 0.562. The number of halogens is 2. The Labute approximate surface area is 122 Å². The second-order valence-corrected chi connectivity index (χ2v) is 6.75. The van der Waals surface area contributed by atoms with Crippen LogP contribution < -0.4 is 5.32 Å². The Morgan fingerprint density at radius 3 is 2.52 bits per heavy atom. The summed E-state index contributed by atoms with van der Waals surface area (Å²) in [5.74, 6) is -0.952. The summed E-state index contributed by atoms with van der Waals surface area (Å²) in [6, 6.07) is 4.13. The van der Waals surface area contributed by atoms with E-state index >= 15 is 0 Å². The van der Waals surface area contributed by atoms with E-state index in [0.29, 0.717) is 11.5 Å². The van der Waals surface area contributed by atoms with E-state index in [-0.39, 0.29) is 18.1 Å². The van der Waals surface area contributed by atoms with Crippen LogP contribution in [-0.2, 0) is 4.79 Å². The summed E-state index contributed by atoms with van der Waals surface area (Å²) >= 11 is 0. The zero-order chi connectivity index (χ0) is 14.8. The third-order valence-electron chi connectivity index (χ3n) is 5.09. The Kier molecular flexibility index (Phi) is 2.67. The van der Waals surface area contributed by atoms with Crippen molar-refractivity contribution in [3.63, 3.8) is 0 Å². The summed E-state index contributed by atoms with van der Waals surface area (Å²) in [5.41, 5.74) is 0.194. The average molecular weight is 292 g/mol. The minimum Gasteiger partial charge on any atom is -0.318 e. The molecular formula is C16H18F2N2O. The number of rotatable bonds is 2. The van der Waals surface area contributed by atoms with Crippen LogP contribution in [-0.4, -0.2) is 22.4 Å². The number of benzene rings is 1. The predicted octanol–water partition coefficient (Wildman–Crippen LogP) is 2.73. The minimum absolute atomic E-state index is 0.133. The molecule has 1 spiro atoms. The summed E-state index contributed by atoms with van der Waals surface area (Å²) in [4.78, 5) is 14.5. The predicted molar refractivity (Wildman–Crippen MR) is 73.2 cm³/mol. The van der Waals surface area contributed by atoms with Gasteiger partial charge in [-0.25, -0.2) is 8.78 Å². The van der Waals surface area contributed by atoms with Crippen LogP contribution in [0.2, 0.25) is 0 Å². The topological polar surface area (TPSA) is 32.3 Å². The van der Waals surface area contributed by atoms with Gasteiger partial charge in [0.25, 0.3) is 0 Å². The molecule has 1 aliphatic heterocycles. The van der Waals surface area contributed by atoms with Crippen molar-refractivity contribution >= 4 is 5.91 Å². The first-order valence-electron chi connectivity index (χ1n) is 7.55. The number of nitrogens with zero attached hydrogens (tertiary/aromatic N) is 1. The molecule has 1 amide bonds. The molecule has 0 radical (unpaired) electrons. The highest BCUT2D eigenvalue weighted by molar-refractivity contribution is 5.92. The van der Waals surface area contributed by atoms with Crippen molar-refractivity contribution in [2.75, 3.05) is 0 Å². The number of carbonyl (C=O) groups is 1. The smallest absolute Gasteiger partial charge is 0.244 e. The fourth-order valence-corrected chi connectivity index (χ4v) is 3.63. The van der Waals surface area contributed by atoms with E-state index in [1.807, 2.05) is 4.90 Å². The molecule has 2 aliphatic carbocycles. The first-order chi connectivity index (χ1) is 10.00. The normalized spacial score (nSPS) is 33.4. The van der Waals surface area contributed by atoms with Gasteiger partial charge < -0.3 is 4.90 Å². The second-order valence-electron chi connectivity index (χ2n) is 6.75. The molecule has 1 saturated heterocycles. The van der Waals surface area contributed by atoms with E-state index in [2.05, 4.69) is 12.2 Å². The second kappa shape index (κ2) is 4.26. The van der Waals surface area contributed by atoms with Crippen LogP contribution in [0, 0.1) is 17.6 Å². The van der Waals surface area contributed by atoms with Gasteiger partial charge in [0.15, 0.2) is 11.6 Å². The molecule has 4 rings (SSSR count). The Morgan fingerprint density at radius 2 is 1.95 bits per heavy atom. The third kappa shape index (κ3) is 1.90. The van der Waals surface area contributed by atoms with Gasteiger partial charge in [0.05, 0.1) is 0 Å². The first-order valence-corrected chi connectivity index (χ1v) is 7.55. The van der Waals surface area contributed by atoms with Gasteiger partial charge in [-0.15, -0.1) is 0 Å². The average Bonchev–Trinajstić information content (AvgIpc) is 3.14. The van der Waals surface area contributed by atoms with Crippen LogP contribution in [0.3, 0.4) is 0 Å². The largest absolute Gasteiger partial charge is 0.318 e. The molecule has 1 heterocycles. The molecule has 1 atom stereocenters. The van der Waals surface area contributed by atoms with E-state index < -0.39 is 17.2 Å². The lowest BCUT2D eigenvalue weighted by Gasteiger charge is -2.42. The summed E-state index contributed by atoms with van der Waals surface area (Å²) in [6.45, 7) is 2.17. The van der Waals surface area contributed by atoms with Crippen molar-refractivity contribution in [1.82, 2.24) is 10.2 Å². The molecule has 1 aromatic rings. The van der Waals surface area contributed by atoms with Crippen molar-refractivity contribution in [3.8, 4) is 0 Å². The maximum Gasteiger partial charge on any atom is 0.244 e. The zero-order valence-corrected chi connectivity index (χ0v) is 11.9. The summed E-state index contributed by atoms with van der Waals surface area (Å²) in [7, 11) is 0. The van der Waals surface area contributed by atoms with Crippen LogP contribution in [0.15, 0.2) is 18.2 Å². The molecule has 3 fully saturated rings. The first kappa shape index (κ1) is 13.2. The van der Waals surface area contributed by atoms with Gasteiger partial charge in [-0.2, -0.15) is 0 Å². The molecule has 1 N–H and O–H groups in total. The van der Waals surface area contributed by atoms with Crippen LogP contribution in [0.25, 0.3) is 0 Å². The molecule has 21 heavy (non-hydrogen) atoms. The molecule has 0 bridgehead atoms. The van der Waals surface area contributed by atoms with E-state index in [1.165, 1.54) is 6.07 Å². The molecular weight excluding hydrogens is 274 g/mol. The number of hydrogen-bond donors (Lipinski definition) is 1. The SMILES string of the molecule is CC1CC(N2C(=O)C3(CC3)NC2c2ccc(F)c(F)c2)C1. The molecule has 5 heteroatoms. The van der Waals surface area contributed by atoms with Gasteiger partial charge in [0.2, 0.25) is 5.91 Å². The quantitative estimate of drug-likeness (QED) is 0.909. The molecule has 1 aromatic carbocycles. The van der Waals surface area contributed by atoms with Gasteiger partial charge in [-0.3, -0.25) is 10.1 Å². The highest BCUT2D eigenvalue weighted by Gasteiger charge is 2.61. The number of amides is 1. The lowest BCUT2D eigenvalue weighted by atomic mass is 9.80. The third-order valence-corrected chi connectivity index (χ3v) is 5.09. The summed E-state index contributed by atoms with van der Waals surface area (Å²) in [6.07, 6.45) is 3.33. The maximum atomic E-state index is 13.5. The lowest BCUT2D eigenvalue weighted by molar-refractivity contribution is -0.135. The van der Waals surface area contributed by atoms with E-state index in [9.17, 15) is 13.6 Å². The van der Waals surface area contributed by atoms with E-state index in [0.717, 1.165) is 31.7 Å². The Bertz CT molecular complexity index is 608. The standard InChI is InChI=1S/C16H18F2N2O/c1-9-6-11(7-9)20-14(19-16(4-5-16)15(20)21)10-2-3-12(17)13(18)8-10/h2-3,8-9,11,14,19H,4-7H2,1H3. The van der Waals surface area contributed by atoms with Crippen LogP contribution in [0.5, 0.6) is 0 Å². The minimum atomic E-state index is -0.861. The van der Waals surface area contributed by atoms with Gasteiger partial charge in [-0.05, 0) is 49.3 Å². The lowest BCUT2D eigenvalue weighted by Crippen LogP contribution is -2.47. The van der Waals surface area contributed by atoms with Gasteiger partial charge in [-0.1, -0.05) is 13.0 Å². The van der Waals surface area contributed by atoms with Crippen LogP contribution in [0.1, 0.15) is 44.3 Å². The Morgan fingerprint density at radius 1 is 1.24 bits per heavy atom.